The van der Waals surface area contributed by atoms with Gasteiger partial charge in [-0.15, -0.1) is 0 Å². The molecule has 0 spiro atoms. The first kappa shape index (κ1) is 21.1. The molecule has 0 heterocycles. The first-order valence-corrected chi connectivity index (χ1v) is 10.4. The fourth-order valence-corrected chi connectivity index (χ4v) is 4.72. The average Bonchev–Trinajstić information content (AvgIpc) is 3.06. The van der Waals surface area contributed by atoms with Crippen molar-refractivity contribution >= 4 is 28.0 Å². The minimum Gasteiger partial charge on any atom is -0.479 e. The van der Waals surface area contributed by atoms with Gasteiger partial charge in [0.1, 0.15) is 12.4 Å². The van der Waals surface area contributed by atoms with Crippen molar-refractivity contribution < 1.29 is 23.8 Å². The summed E-state index contributed by atoms with van der Waals surface area (Å²) in [5, 5.41) is 12.2. The molecule has 7 heteroatoms. The van der Waals surface area contributed by atoms with Gasteiger partial charge in [0.15, 0.2) is 5.54 Å². The molecule has 4 rings (SSSR count). The van der Waals surface area contributed by atoms with Crippen LogP contribution in [0.2, 0.25) is 0 Å². The minimum absolute atomic E-state index is 0.0557. The molecule has 2 N–H and O–H groups in total. The maximum Gasteiger partial charge on any atom is 0.408 e. The average molecular weight is 484 g/mol. The highest BCUT2D eigenvalue weighted by Crippen LogP contribution is 2.44. The predicted molar refractivity (Wildman–Crippen MR) is 117 cm³/mol. The summed E-state index contributed by atoms with van der Waals surface area (Å²) in [5.41, 5.74) is 2.69. The zero-order chi connectivity index (χ0) is 22.2. The molecule has 3 aromatic rings. The molecule has 1 aliphatic rings. The molecule has 5 nitrogen and oxygen atoms in total. The van der Waals surface area contributed by atoms with E-state index in [1.54, 1.807) is 0 Å². The van der Waals surface area contributed by atoms with Crippen LogP contribution < -0.4 is 5.32 Å². The Morgan fingerprint density at radius 3 is 2.19 bits per heavy atom. The quantitative estimate of drug-likeness (QED) is 0.507. The van der Waals surface area contributed by atoms with E-state index in [1.165, 1.54) is 13.0 Å². The molecular weight excluding hydrogens is 465 g/mol. The zero-order valence-corrected chi connectivity index (χ0v) is 18.1. The Hall–Kier alpha value is -3.19. The van der Waals surface area contributed by atoms with Gasteiger partial charge in [-0.3, -0.25) is 0 Å². The Kier molecular flexibility index (Phi) is 5.54. The van der Waals surface area contributed by atoms with Gasteiger partial charge in [-0.25, -0.2) is 14.0 Å². The summed E-state index contributed by atoms with van der Waals surface area (Å²) in [6.07, 6.45) is -0.872. The standard InChI is InChI=1S/C24H19BrFNO4/c1-24(22(28)29,20-11-10-14(26)12-21(20)25)27-23(30)31-13-19-17-8-4-2-6-15(17)16-7-3-5-9-18(16)19/h2-12,19H,13H2,1H3,(H,27,30)(H,28,29). The third-order valence-electron chi connectivity index (χ3n) is 5.59. The first-order chi connectivity index (χ1) is 14.8. The number of carbonyl (C=O) groups is 2. The van der Waals surface area contributed by atoms with E-state index < -0.39 is 23.4 Å². The van der Waals surface area contributed by atoms with Crippen LogP contribution in [0, 0.1) is 5.82 Å². The topological polar surface area (TPSA) is 75.6 Å². The van der Waals surface area contributed by atoms with Crippen molar-refractivity contribution in [2.45, 2.75) is 18.4 Å². The van der Waals surface area contributed by atoms with Gasteiger partial charge in [0.25, 0.3) is 0 Å². The lowest BCUT2D eigenvalue weighted by Gasteiger charge is -2.27. The molecule has 0 bridgehead atoms. The van der Waals surface area contributed by atoms with E-state index in [2.05, 4.69) is 21.2 Å². The highest BCUT2D eigenvalue weighted by molar-refractivity contribution is 9.10. The van der Waals surface area contributed by atoms with Gasteiger partial charge in [0, 0.05) is 16.0 Å². The number of rotatable bonds is 5. The van der Waals surface area contributed by atoms with E-state index in [0.717, 1.165) is 34.4 Å². The van der Waals surface area contributed by atoms with E-state index in [4.69, 9.17) is 4.74 Å². The second kappa shape index (κ2) is 8.15. The van der Waals surface area contributed by atoms with Gasteiger partial charge in [-0.2, -0.15) is 0 Å². The number of alkyl carbamates (subject to hydrolysis) is 1. The van der Waals surface area contributed by atoms with Crippen LogP contribution in [0.15, 0.2) is 71.2 Å². The molecule has 158 valence electrons. The number of hydrogen-bond donors (Lipinski definition) is 2. The van der Waals surface area contributed by atoms with Crippen LogP contribution in [-0.2, 0) is 15.1 Å². The van der Waals surface area contributed by atoms with E-state index in [1.807, 2.05) is 48.5 Å². The Balaban J connectivity index is 1.54. The van der Waals surface area contributed by atoms with Gasteiger partial charge in [-0.05, 0) is 41.3 Å². The van der Waals surface area contributed by atoms with Gasteiger partial charge in [-0.1, -0.05) is 70.5 Å². The van der Waals surface area contributed by atoms with Crippen LogP contribution in [0.25, 0.3) is 11.1 Å². The molecule has 1 unspecified atom stereocenters. The smallest absolute Gasteiger partial charge is 0.408 e. The molecule has 0 saturated carbocycles. The fraction of sp³-hybridized carbons (Fsp3) is 0.167. The van der Waals surface area contributed by atoms with E-state index in [-0.39, 0.29) is 22.6 Å². The largest absolute Gasteiger partial charge is 0.479 e. The Morgan fingerprint density at radius 2 is 1.65 bits per heavy atom. The summed E-state index contributed by atoms with van der Waals surface area (Å²) in [4.78, 5) is 24.6. The monoisotopic (exact) mass is 483 g/mol. The summed E-state index contributed by atoms with van der Waals surface area (Å²) < 4.78 is 19.1. The van der Waals surface area contributed by atoms with E-state index >= 15 is 0 Å². The lowest BCUT2D eigenvalue weighted by Crippen LogP contribution is -2.50. The molecule has 0 aliphatic heterocycles. The van der Waals surface area contributed by atoms with Crippen molar-refractivity contribution in [3.8, 4) is 11.1 Å². The van der Waals surface area contributed by atoms with Crippen molar-refractivity contribution in [3.63, 3.8) is 0 Å². The summed E-state index contributed by atoms with van der Waals surface area (Å²) in [6.45, 7) is 1.38. The predicted octanol–water partition coefficient (Wildman–Crippen LogP) is 5.43. The second-order valence-corrected chi connectivity index (χ2v) is 8.36. The second-order valence-electron chi connectivity index (χ2n) is 7.50. The number of ether oxygens (including phenoxy) is 1. The number of carboxylic acids is 1. The third kappa shape index (κ3) is 3.81. The number of hydrogen-bond acceptors (Lipinski definition) is 3. The number of halogens is 2. The highest BCUT2D eigenvalue weighted by Gasteiger charge is 2.39. The van der Waals surface area contributed by atoms with Crippen LogP contribution in [-0.4, -0.2) is 23.8 Å². The molecule has 0 radical (unpaired) electrons. The first-order valence-electron chi connectivity index (χ1n) is 9.63. The molecule has 31 heavy (non-hydrogen) atoms. The Morgan fingerprint density at radius 1 is 1.06 bits per heavy atom. The maximum absolute atomic E-state index is 13.4. The maximum atomic E-state index is 13.4. The van der Waals surface area contributed by atoms with Crippen molar-refractivity contribution in [3.05, 3.63) is 93.7 Å². The number of nitrogens with one attached hydrogen (secondary N) is 1. The van der Waals surface area contributed by atoms with Gasteiger partial charge in [0.05, 0.1) is 0 Å². The Labute approximate surface area is 187 Å². The highest BCUT2D eigenvalue weighted by atomic mass is 79.9. The van der Waals surface area contributed by atoms with Crippen LogP contribution >= 0.6 is 15.9 Å². The number of carboxylic acid groups (broad SMARTS) is 1. The van der Waals surface area contributed by atoms with E-state index in [9.17, 15) is 19.1 Å². The summed E-state index contributed by atoms with van der Waals surface area (Å²) in [6, 6.07) is 19.5. The number of amides is 1. The van der Waals surface area contributed by atoms with E-state index in [0.29, 0.717) is 0 Å². The number of carbonyl (C=O) groups excluding carboxylic acids is 1. The molecular formula is C24H19BrFNO4. The molecule has 0 saturated heterocycles. The lowest BCUT2D eigenvalue weighted by molar-refractivity contribution is -0.144. The van der Waals surface area contributed by atoms with Crippen molar-refractivity contribution in [2.75, 3.05) is 6.61 Å². The molecule has 0 aromatic heterocycles. The SMILES string of the molecule is CC(NC(=O)OCC1c2ccccc2-c2ccccc21)(C(=O)O)c1ccc(F)cc1Br. The molecule has 1 amide bonds. The normalized spacial score (nSPS) is 14.3. The molecule has 0 fully saturated rings. The van der Waals surface area contributed by atoms with Crippen LogP contribution in [0.5, 0.6) is 0 Å². The summed E-state index contributed by atoms with van der Waals surface area (Å²) >= 11 is 3.17. The number of benzene rings is 3. The van der Waals surface area contributed by atoms with Crippen molar-refractivity contribution in [2.24, 2.45) is 0 Å². The van der Waals surface area contributed by atoms with Gasteiger partial charge < -0.3 is 15.2 Å². The molecule has 1 atom stereocenters. The zero-order valence-electron chi connectivity index (χ0n) is 16.6. The molecule has 3 aromatic carbocycles. The van der Waals surface area contributed by atoms with Gasteiger partial charge >= 0.3 is 12.1 Å². The number of fused-ring (bicyclic) bond motifs is 3. The lowest BCUT2D eigenvalue weighted by atomic mass is 9.92. The van der Waals surface area contributed by atoms with Crippen molar-refractivity contribution in [1.29, 1.82) is 0 Å². The van der Waals surface area contributed by atoms with Crippen LogP contribution in [0.3, 0.4) is 0 Å². The molecule has 1 aliphatic carbocycles. The van der Waals surface area contributed by atoms with Crippen molar-refractivity contribution in [1.82, 2.24) is 5.32 Å². The van der Waals surface area contributed by atoms with Gasteiger partial charge in [0.2, 0.25) is 0 Å². The number of aliphatic carboxylic acids is 1. The van der Waals surface area contributed by atoms with Crippen LogP contribution in [0.4, 0.5) is 9.18 Å². The van der Waals surface area contributed by atoms with Crippen LogP contribution in [0.1, 0.15) is 29.5 Å². The fourth-order valence-electron chi connectivity index (χ4n) is 3.97. The minimum atomic E-state index is -1.81. The third-order valence-corrected chi connectivity index (χ3v) is 6.25. The summed E-state index contributed by atoms with van der Waals surface area (Å²) in [5.74, 6) is -1.97. The summed E-state index contributed by atoms with van der Waals surface area (Å²) in [7, 11) is 0. The Bertz CT molecular complexity index is 1140.